The average Bonchev–Trinajstić information content (AvgIpc) is 2.94. The van der Waals surface area contributed by atoms with Gasteiger partial charge in [-0.2, -0.15) is 0 Å². The maximum atomic E-state index is 13.7. The monoisotopic (exact) mass is 310 g/mol. The van der Waals surface area contributed by atoms with Gasteiger partial charge in [-0.1, -0.05) is 0 Å². The summed E-state index contributed by atoms with van der Waals surface area (Å²) in [5.74, 6) is 0.692. The van der Waals surface area contributed by atoms with Gasteiger partial charge in [0.05, 0.1) is 0 Å². The first-order valence-electron chi connectivity index (χ1n) is 7.91. The highest BCUT2D eigenvalue weighted by atomic mass is 19.1. The molecule has 1 unspecified atom stereocenters. The smallest absolute Gasteiger partial charge is 0.124 e. The summed E-state index contributed by atoms with van der Waals surface area (Å²) in [6, 6.07) is 1.80. The molecule has 22 heavy (non-hydrogen) atoms. The van der Waals surface area contributed by atoms with Crippen LogP contribution in [0.15, 0.2) is 6.07 Å². The Morgan fingerprint density at radius 2 is 2.05 bits per heavy atom. The molecule has 1 atom stereocenters. The predicted molar refractivity (Wildman–Crippen MR) is 82.6 cm³/mol. The molecule has 3 nitrogen and oxygen atoms in total. The van der Waals surface area contributed by atoms with Gasteiger partial charge in [-0.25, -0.2) is 8.78 Å². The first-order valence-corrected chi connectivity index (χ1v) is 7.91. The van der Waals surface area contributed by atoms with Gasteiger partial charge in [0.25, 0.3) is 0 Å². The lowest BCUT2D eigenvalue weighted by Gasteiger charge is -2.37. The van der Waals surface area contributed by atoms with Crippen molar-refractivity contribution in [2.75, 3.05) is 27.2 Å². The van der Waals surface area contributed by atoms with Crippen molar-refractivity contribution < 1.29 is 13.5 Å². The fourth-order valence-corrected chi connectivity index (χ4v) is 3.67. The molecule has 1 aromatic carbocycles. The third-order valence-corrected chi connectivity index (χ3v) is 4.83. The molecule has 0 saturated carbocycles. The molecule has 1 spiro atoms. The normalized spacial score (nSPS) is 23.9. The van der Waals surface area contributed by atoms with E-state index >= 15 is 0 Å². The molecule has 1 saturated heterocycles. The third-order valence-electron chi connectivity index (χ3n) is 4.83. The molecule has 0 amide bonds. The van der Waals surface area contributed by atoms with E-state index in [1.807, 2.05) is 19.0 Å². The van der Waals surface area contributed by atoms with Crippen LogP contribution in [0.4, 0.5) is 8.78 Å². The van der Waals surface area contributed by atoms with Crippen LogP contribution in [0.2, 0.25) is 0 Å². The highest BCUT2D eigenvalue weighted by molar-refractivity contribution is 5.51. The summed E-state index contributed by atoms with van der Waals surface area (Å²) >= 11 is 0. The van der Waals surface area contributed by atoms with Crippen molar-refractivity contribution >= 4 is 0 Å². The number of halogens is 2. The summed E-state index contributed by atoms with van der Waals surface area (Å²) in [5.41, 5.74) is 2.74. The first kappa shape index (κ1) is 15.7. The lowest BCUT2D eigenvalue weighted by molar-refractivity contribution is 0.0656. The first-order chi connectivity index (χ1) is 10.6. The highest BCUT2D eigenvalue weighted by Crippen LogP contribution is 2.41. The van der Waals surface area contributed by atoms with Crippen molar-refractivity contribution in [2.24, 2.45) is 0 Å². The van der Waals surface area contributed by atoms with E-state index in [0.29, 0.717) is 23.4 Å². The van der Waals surface area contributed by atoms with Crippen LogP contribution in [-0.2, 0) is 26.3 Å². The molecule has 0 aromatic heterocycles. The Balaban J connectivity index is 2.03. The second-order valence-electron chi connectivity index (χ2n) is 6.69. The molecule has 1 N–H and O–H groups in total. The maximum absolute atomic E-state index is 13.7. The summed E-state index contributed by atoms with van der Waals surface area (Å²) in [4.78, 5) is 1.95. The minimum absolute atomic E-state index is 0.183. The number of nitrogens with zero attached hydrogens (tertiary/aromatic N) is 1. The Labute approximate surface area is 130 Å². The average molecular weight is 310 g/mol. The van der Waals surface area contributed by atoms with Crippen molar-refractivity contribution in [1.29, 1.82) is 0 Å². The Morgan fingerprint density at radius 3 is 2.64 bits per heavy atom. The van der Waals surface area contributed by atoms with Gasteiger partial charge in [-0.05, 0) is 56.2 Å². The van der Waals surface area contributed by atoms with Crippen molar-refractivity contribution in [3.8, 4) is 5.75 Å². The fraction of sp³-hybridized carbons (Fsp3) is 0.647. The third kappa shape index (κ3) is 2.72. The van der Waals surface area contributed by atoms with E-state index in [4.69, 9.17) is 4.74 Å². The van der Waals surface area contributed by atoms with Gasteiger partial charge in [-0.15, -0.1) is 0 Å². The molecule has 0 bridgehead atoms. The number of ether oxygens (including phenoxy) is 1. The lowest BCUT2D eigenvalue weighted by atomic mass is 9.85. The Bertz CT molecular complexity index is 554. The number of fused-ring (bicyclic) bond motifs is 1. The molecular weight excluding hydrogens is 286 g/mol. The molecule has 1 fully saturated rings. The molecule has 0 aliphatic carbocycles. The number of nitrogens with one attached hydrogen (secondary N) is 1. The van der Waals surface area contributed by atoms with Gasteiger partial charge in [0, 0.05) is 25.1 Å². The van der Waals surface area contributed by atoms with Crippen LogP contribution in [0.3, 0.4) is 0 Å². The van der Waals surface area contributed by atoms with Crippen molar-refractivity contribution in [1.82, 2.24) is 10.2 Å². The number of benzene rings is 1. The topological polar surface area (TPSA) is 24.5 Å². The lowest BCUT2D eigenvalue weighted by Crippen LogP contribution is -2.42. The standard InChI is InChI=1S/C17H24F2N2O/c1-21(2)10-15-12(8-18)7-16-13(14(15)9-19)3-4-17(22-16)5-6-20-11-17/h7,20H,3-6,8-11H2,1-2H3. The number of rotatable bonds is 4. The van der Waals surface area contributed by atoms with Gasteiger partial charge >= 0.3 is 0 Å². The molecule has 2 aliphatic heterocycles. The van der Waals surface area contributed by atoms with E-state index in [-0.39, 0.29) is 5.60 Å². The molecule has 3 rings (SSSR count). The SMILES string of the molecule is CN(C)Cc1c(CF)cc2c(c1CF)CCC1(CCNC1)O2. The maximum Gasteiger partial charge on any atom is 0.124 e. The van der Waals surface area contributed by atoms with Gasteiger partial charge in [0.2, 0.25) is 0 Å². The zero-order chi connectivity index (χ0) is 15.7. The molecule has 0 radical (unpaired) electrons. The van der Waals surface area contributed by atoms with E-state index in [0.717, 1.165) is 43.5 Å². The van der Waals surface area contributed by atoms with Gasteiger partial charge in [0.15, 0.2) is 0 Å². The molecule has 2 heterocycles. The molecule has 1 aromatic rings. The van der Waals surface area contributed by atoms with Gasteiger partial charge in [0.1, 0.15) is 24.7 Å². The zero-order valence-electron chi connectivity index (χ0n) is 13.3. The highest BCUT2D eigenvalue weighted by Gasteiger charge is 2.40. The molecular formula is C17H24F2N2O. The van der Waals surface area contributed by atoms with E-state index in [1.165, 1.54) is 0 Å². The Kier molecular flexibility index (Phi) is 4.37. The fourth-order valence-electron chi connectivity index (χ4n) is 3.67. The predicted octanol–water partition coefficient (Wildman–Crippen LogP) is 2.74. The van der Waals surface area contributed by atoms with E-state index in [1.54, 1.807) is 6.07 Å². The van der Waals surface area contributed by atoms with Crippen LogP contribution in [0.1, 0.15) is 35.1 Å². The number of hydrogen-bond acceptors (Lipinski definition) is 3. The van der Waals surface area contributed by atoms with Crippen molar-refractivity contribution in [2.45, 2.75) is 44.8 Å². The van der Waals surface area contributed by atoms with Crippen LogP contribution >= 0.6 is 0 Å². The second kappa shape index (κ2) is 6.13. The van der Waals surface area contributed by atoms with E-state index in [2.05, 4.69) is 5.32 Å². The van der Waals surface area contributed by atoms with E-state index < -0.39 is 13.3 Å². The van der Waals surface area contributed by atoms with Crippen LogP contribution in [-0.4, -0.2) is 37.7 Å². The van der Waals surface area contributed by atoms with Crippen molar-refractivity contribution in [3.63, 3.8) is 0 Å². The van der Waals surface area contributed by atoms with Crippen LogP contribution in [0.5, 0.6) is 5.75 Å². The zero-order valence-corrected chi connectivity index (χ0v) is 13.3. The summed E-state index contributed by atoms with van der Waals surface area (Å²) in [5, 5.41) is 3.33. The van der Waals surface area contributed by atoms with Gasteiger partial charge in [-0.3, -0.25) is 0 Å². The summed E-state index contributed by atoms with van der Waals surface area (Å²) in [6.07, 6.45) is 2.67. The van der Waals surface area contributed by atoms with Crippen molar-refractivity contribution in [3.05, 3.63) is 28.3 Å². The molecule has 5 heteroatoms. The summed E-state index contributed by atoms with van der Waals surface area (Å²) < 4.78 is 33.4. The quantitative estimate of drug-likeness (QED) is 0.925. The Morgan fingerprint density at radius 1 is 1.23 bits per heavy atom. The van der Waals surface area contributed by atoms with Crippen LogP contribution in [0.25, 0.3) is 0 Å². The van der Waals surface area contributed by atoms with Crippen LogP contribution in [0, 0.1) is 0 Å². The minimum atomic E-state index is -0.585. The molecule has 2 aliphatic rings. The van der Waals surface area contributed by atoms with Crippen LogP contribution < -0.4 is 10.1 Å². The minimum Gasteiger partial charge on any atom is -0.486 e. The number of alkyl halides is 2. The summed E-state index contributed by atoms with van der Waals surface area (Å²) in [6.45, 7) is 1.17. The number of hydrogen-bond donors (Lipinski definition) is 1. The van der Waals surface area contributed by atoms with Gasteiger partial charge < -0.3 is 15.0 Å². The molecule has 122 valence electrons. The largest absolute Gasteiger partial charge is 0.486 e. The Hall–Kier alpha value is -1.20. The second-order valence-corrected chi connectivity index (χ2v) is 6.69. The summed E-state index contributed by atoms with van der Waals surface area (Å²) in [7, 11) is 3.83. The van der Waals surface area contributed by atoms with E-state index in [9.17, 15) is 8.78 Å².